The predicted octanol–water partition coefficient (Wildman–Crippen LogP) is 2.63. The van der Waals surface area contributed by atoms with Crippen LogP contribution in [0.15, 0.2) is 48.5 Å². The van der Waals surface area contributed by atoms with Crippen molar-refractivity contribution in [2.24, 2.45) is 0 Å². The molecule has 0 spiro atoms. The van der Waals surface area contributed by atoms with Crippen molar-refractivity contribution in [3.63, 3.8) is 0 Å². The van der Waals surface area contributed by atoms with Crippen LogP contribution in [0.2, 0.25) is 0 Å². The molecule has 108 valence electrons. The normalized spacial score (nSPS) is 11.1. The van der Waals surface area contributed by atoms with Gasteiger partial charge in [-0.1, -0.05) is 48.5 Å². The molecule has 0 radical (unpaired) electrons. The second kappa shape index (κ2) is 6.50. The Morgan fingerprint density at radius 3 is 2.62 bits per heavy atom. The first-order valence-electron chi connectivity index (χ1n) is 7.44. The highest BCUT2D eigenvalue weighted by molar-refractivity contribution is 5.73. The van der Waals surface area contributed by atoms with Crippen LogP contribution < -0.4 is 5.32 Å². The Morgan fingerprint density at radius 1 is 1.00 bits per heavy atom. The number of rotatable bonds is 6. The van der Waals surface area contributed by atoms with Gasteiger partial charge in [-0.25, -0.2) is 4.68 Å². The number of hydrogen-bond donors (Lipinski definition) is 1. The molecule has 3 aromatic rings. The summed E-state index contributed by atoms with van der Waals surface area (Å²) in [6, 6.07) is 16.6. The van der Waals surface area contributed by atoms with Crippen molar-refractivity contribution in [3.05, 3.63) is 59.7 Å². The van der Waals surface area contributed by atoms with Crippen molar-refractivity contribution in [3.8, 4) is 0 Å². The summed E-state index contributed by atoms with van der Waals surface area (Å²) >= 11 is 0. The van der Waals surface area contributed by atoms with E-state index in [1.807, 2.05) is 22.9 Å². The highest BCUT2D eigenvalue weighted by atomic mass is 15.4. The van der Waals surface area contributed by atoms with Gasteiger partial charge in [-0.3, -0.25) is 0 Å². The standard InChI is InChI=1S/C17H20N4/c1-2-18-12-11-14-7-3-4-8-15(14)13-21-17-10-6-5-9-16(17)19-20-21/h3-10,18H,2,11-13H2,1H3. The van der Waals surface area contributed by atoms with Gasteiger partial charge in [0.05, 0.1) is 12.1 Å². The lowest BCUT2D eigenvalue weighted by Crippen LogP contribution is -2.17. The number of aromatic nitrogens is 3. The molecule has 21 heavy (non-hydrogen) atoms. The maximum atomic E-state index is 4.28. The molecule has 0 amide bonds. The third-order valence-corrected chi connectivity index (χ3v) is 3.68. The Morgan fingerprint density at radius 2 is 1.76 bits per heavy atom. The van der Waals surface area contributed by atoms with Crippen LogP contribution in [-0.4, -0.2) is 28.1 Å². The van der Waals surface area contributed by atoms with Gasteiger partial charge in [0.15, 0.2) is 0 Å². The number of nitrogens with one attached hydrogen (secondary N) is 1. The molecular formula is C17H20N4. The zero-order chi connectivity index (χ0) is 14.5. The van der Waals surface area contributed by atoms with E-state index in [1.165, 1.54) is 11.1 Å². The van der Waals surface area contributed by atoms with Gasteiger partial charge in [-0.15, -0.1) is 5.10 Å². The van der Waals surface area contributed by atoms with Gasteiger partial charge in [-0.2, -0.15) is 0 Å². The average Bonchev–Trinajstić information content (AvgIpc) is 2.93. The van der Waals surface area contributed by atoms with Gasteiger partial charge in [0.2, 0.25) is 0 Å². The molecule has 4 heteroatoms. The first-order valence-corrected chi connectivity index (χ1v) is 7.44. The molecule has 0 aliphatic carbocycles. The lowest BCUT2D eigenvalue weighted by Gasteiger charge is -2.10. The van der Waals surface area contributed by atoms with Crippen LogP contribution in [0.5, 0.6) is 0 Å². The van der Waals surface area contributed by atoms with Crippen LogP contribution in [0.3, 0.4) is 0 Å². The highest BCUT2D eigenvalue weighted by Gasteiger charge is 2.07. The maximum Gasteiger partial charge on any atom is 0.113 e. The van der Waals surface area contributed by atoms with Gasteiger partial charge >= 0.3 is 0 Å². The van der Waals surface area contributed by atoms with Crippen LogP contribution in [0.25, 0.3) is 11.0 Å². The summed E-state index contributed by atoms with van der Waals surface area (Å²) < 4.78 is 1.97. The van der Waals surface area contributed by atoms with E-state index in [2.05, 4.69) is 52.9 Å². The first-order chi connectivity index (χ1) is 10.4. The molecule has 0 saturated carbocycles. The molecule has 0 aliphatic heterocycles. The molecule has 0 aliphatic rings. The number of para-hydroxylation sites is 1. The summed E-state index contributed by atoms with van der Waals surface area (Å²) in [5, 5.41) is 11.9. The Hall–Kier alpha value is -2.20. The Bertz CT molecular complexity index is 717. The van der Waals surface area contributed by atoms with Crippen LogP contribution >= 0.6 is 0 Å². The van der Waals surface area contributed by atoms with E-state index in [-0.39, 0.29) is 0 Å². The smallest absolute Gasteiger partial charge is 0.113 e. The molecule has 0 atom stereocenters. The van der Waals surface area contributed by atoms with E-state index >= 15 is 0 Å². The quantitative estimate of drug-likeness (QED) is 0.706. The van der Waals surface area contributed by atoms with E-state index in [0.29, 0.717) is 0 Å². The summed E-state index contributed by atoms with van der Waals surface area (Å²) in [6.07, 6.45) is 1.04. The lowest BCUT2D eigenvalue weighted by atomic mass is 10.0. The van der Waals surface area contributed by atoms with Crippen molar-refractivity contribution < 1.29 is 0 Å². The van der Waals surface area contributed by atoms with Gasteiger partial charge in [0.25, 0.3) is 0 Å². The van der Waals surface area contributed by atoms with E-state index in [1.54, 1.807) is 0 Å². The summed E-state index contributed by atoms with van der Waals surface area (Å²) in [5.41, 5.74) is 4.71. The molecule has 3 rings (SSSR count). The van der Waals surface area contributed by atoms with Crippen LogP contribution in [0.4, 0.5) is 0 Å². The van der Waals surface area contributed by atoms with E-state index in [4.69, 9.17) is 0 Å². The summed E-state index contributed by atoms with van der Waals surface area (Å²) in [4.78, 5) is 0. The van der Waals surface area contributed by atoms with E-state index in [9.17, 15) is 0 Å². The molecule has 2 aromatic carbocycles. The SMILES string of the molecule is CCNCCc1ccccc1Cn1nnc2ccccc21. The largest absolute Gasteiger partial charge is 0.317 e. The molecule has 0 unspecified atom stereocenters. The number of hydrogen-bond acceptors (Lipinski definition) is 3. The third-order valence-electron chi connectivity index (χ3n) is 3.68. The van der Waals surface area contributed by atoms with E-state index in [0.717, 1.165) is 37.1 Å². The van der Waals surface area contributed by atoms with Crippen LogP contribution in [-0.2, 0) is 13.0 Å². The van der Waals surface area contributed by atoms with Crippen LogP contribution in [0.1, 0.15) is 18.1 Å². The number of likely N-dealkylation sites (N-methyl/N-ethyl adjacent to an activating group) is 1. The monoisotopic (exact) mass is 280 g/mol. The molecule has 0 fully saturated rings. The second-order valence-corrected chi connectivity index (χ2v) is 5.11. The molecule has 1 aromatic heterocycles. The zero-order valence-electron chi connectivity index (χ0n) is 12.3. The Balaban J connectivity index is 1.84. The van der Waals surface area contributed by atoms with Crippen molar-refractivity contribution >= 4 is 11.0 Å². The molecular weight excluding hydrogens is 260 g/mol. The second-order valence-electron chi connectivity index (χ2n) is 5.11. The van der Waals surface area contributed by atoms with Gasteiger partial charge < -0.3 is 5.32 Å². The third kappa shape index (κ3) is 3.11. The fourth-order valence-electron chi connectivity index (χ4n) is 2.55. The van der Waals surface area contributed by atoms with Crippen molar-refractivity contribution in [2.75, 3.05) is 13.1 Å². The highest BCUT2D eigenvalue weighted by Crippen LogP contribution is 2.15. The molecule has 0 saturated heterocycles. The van der Waals surface area contributed by atoms with Gasteiger partial charge in [-0.05, 0) is 42.8 Å². The Kier molecular flexibility index (Phi) is 4.26. The maximum absolute atomic E-state index is 4.28. The number of fused-ring (bicyclic) bond motifs is 1. The van der Waals surface area contributed by atoms with Gasteiger partial charge in [0.1, 0.15) is 5.52 Å². The van der Waals surface area contributed by atoms with Crippen molar-refractivity contribution in [1.29, 1.82) is 0 Å². The van der Waals surface area contributed by atoms with E-state index < -0.39 is 0 Å². The number of nitrogens with zero attached hydrogens (tertiary/aromatic N) is 3. The fourth-order valence-corrected chi connectivity index (χ4v) is 2.55. The molecule has 1 heterocycles. The average molecular weight is 280 g/mol. The summed E-state index contributed by atoms with van der Waals surface area (Å²) in [6.45, 7) is 4.91. The van der Waals surface area contributed by atoms with Crippen molar-refractivity contribution in [1.82, 2.24) is 20.3 Å². The van der Waals surface area contributed by atoms with Crippen LogP contribution in [0, 0.1) is 0 Å². The topological polar surface area (TPSA) is 42.7 Å². The number of benzene rings is 2. The molecule has 1 N–H and O–H groups in total. The minimum Gasteiger partial charge on any atom is -0.317 e. The van der Waals surface area contributed by atoms with Gasteiger partial charge in [0, 0.05) is 0 Å². The minimum atomic E-state index is 0.767. The first kappa shape index (κ1) is 13.8. The molecule has 0 bridgehead atoms. The molecule has 4 nitrogen and oxygen atoms in total. The summed E-state index contributed by atoms with van der Waals surface area (Å²) in [7, 11) is 0. The zero-order valence-corrected chi connectivity index (χ0v) is 12.3. The fraction of sp³-hybridized carbons (Fsp3) is 0.294. The lowest BCUT2D eigenvalue weighted by molar-refractivity contribution is 0.658. The minimum absolute atomic E-state index is 0.767. The summed E-state index contributed by atoms with van der Waals surface area (Å²) in [5.74, 6) is 0. The Labute approximate surface area is 124 Å². The predicted molar refractivity (Wildman–Crippen MR) is 85.3 cm³/mol. The van der Waals surface area contributed by atoms with Crippen molar-refractivity contribution in [2.45, 2.75) is 19.9 Å².